The molecule has 0 fully saturated rings. The van der Waals surface area contributed by atoms with E-state index < -0.39 is 35.4 Å². The Kier molecular flexibility index (Phi) is 7.17. The average Bonchev–Trinajstić information content (AvgIpc) is 2.74. The molecule has 0 bridgehead atoms. The molecule has 0 saturated carbocycles. The van der Waals surface area contributed by atoms with Crippen molar-refractivity contribution in [2.75, 3.05) is 6.54 Å². The summed E-state index contributed by atoms with van der Waals surface area (Å²) in [4.78, 5) is 37.6. The molecular weight excluding hydrogens is 427 g/mol. The van der Waals surface area contributed by atoms with Crippen LogP contribution in [0.3, 0.4) is 0 Å². The van der Waals surface area contributed by atoms with Crippen LogP contribution in [-0.2, 0) is 9.53 Å². The van der Waals surface area contributed by atoms with Crippen LogP contribution in [0.15, 0.2) is 42.5 Å². The normalized spacial score (nSPS) is 18.8. The Morgan fingerprint density at radius 3 is 2.33 bits per heavy atom. The average molecular weight is 457 g/mol. The van der Waals surface area contributed by atoms with Gasteiger partial charge >= 0.3 is 5.97 Å². The quantitative estimate of drug-likeness (QED) is 0.489. The van der Waals surface area contributed by atoms with Crippen LogP contribution >= 0.6 is 0 Å². The fraction of sp³-hybridized carbons (Fsp3) is 0.400. The number of rotatable bonds is 7. The van der Waals surface area contributed by atoms with Gasteiger partial charge in [0.2, 0.25) is 0 Å². The molecule has 1 aliphatic heterocycles. The van der Waals surface area contributed by atoms with Gasteiger partial charge in [0.05, 0.1) is 12.6 Å². The molecule has 1 aliphatic rings. The Morgan fingerprint density at radius 2 is 1.73 bits per heavy atom. The second-order valence-electron chi connectivity index (χ2n) is 8.92. The summed E-state index contributed by atoms with van der Waals surface area (Å²) in [6.45, 7) is 8.78. The number of carbonyl (C=O) groups excluding carboxylic acids is 3. The number of esters is 1. The van der Waals surface area contributed by atoms with E-state index in [0.717, 1.165) is 0 Å². The van der Waals surface area contributed by atoms with Gasteiger partial charge in [0.1, 0.15) is 17.2 Å². The topological polar surface area (TPSA) is 93.7 Å². The van der Waals surface area contributed by atoms with Crippen molar-refractivity contribution in [3.8, 4) is 5.75 Å². The van der Waals surface area contributed by atoms with Crippen LogP contribution in [0.4, 0.5) is 4.39 Å². The highest BCUT2D eigenvalue weighted by molar-refractivity contribution is 5.95. The lowest BCUT2D eigenvalue weighted by molar-refractivity contribution is -0.164. The van der Waals surface area contributed by atoms with Crippen molar-refractivity contribution in [3.63, 3.8) is 0 Å². The Labute approximate surface area is 192 Å². The van der Waals surface area contributed by atoms with Gasteiger partial charge in [0, 0.05) is 22.7 Å². The summed E-state index contributed by atoms with van der Waals surface area (Å²) in [5.41, 5.74) is 0.215. The van der Waals surface area contributed by atoms with Crippen LogP contribution in [0.25, 0.3) is 0 Å². The zero-order chi connectivity index (χ0) is 24.3. The largest absolute Gasteiger partial charge is 0.484 e. The maximum absolute atomic E-state index is 13.3. The summed E-state index contributed by atoms with van der Waals surface area (Å²) in [7, 11) is 0. The molecule has 0 spiro atoms. The first-order valence-electron chi connectivity index (χ1n) is 10.8. The number of hydrogen-bond donors (Lipinski definition) is 2. The lowest BCUT2D eigenvalue weighted by Gasteiger charge is -2.44. The molecule has 1 heterocycles. The second kappa shape index (κ2) is 9.70. The van der Waals surface area contributed by atoms with Crippen LogP contribution in [-0.4, -0.2) is 42.0 Å². The smallest absolute Gasteiger partial charge is 0.320 e. The molecule has 0 aromatic heterocycles. The van der Waals surface area contributed by atoms with E-state index in [1.807, 2.05) is 13.8 Å². The van der Waals surface area contributed by atoms with E-state index in [1.54, 1.807) is 32.0 Å². The van der Waals surface area contributed by atoms with Crippen LogP contribution in [0.5, 0.6) is 5.75 Å². The minimum absolute atomic E-state index is 0.0107. The highest BCUT2D eigenvalue weighted by Gasteiger charge is 2.47. The molecule has 0 saturated heterocycles. The van der Waals surface area contributed by atoms with Crippen molar-refractivity contribution in [1.82, 2.24) is 10.6 Å². The first-order chi connectivity index (χ1) is 15.5. The number of amides is 1. The number of ether oxygens (including phenoxy) is 2. The Hall–Kier alpha value is -3.26. The van der Waals surface area contributed by atoms with Crippen LogP contribution in [0, 0.1) is 5.82 Å². The Balaban J connectivity index is 2.00. The molecule has 2 aromatic rings. The third kappa shape index (κ3) is 5.76. The van der Waals surface area contributed by atoms with E-state index in [9.17, 15) is 18.8 Å². The number of Topliss-reactive ketones (excluding diaryl/α,β-unsaturated/α-hetero) is 1. The number of hydrogen-bond acceptors (Lipinski definition) is 6. The predicted octanol–water partition coefficient (Wildman–Crippen LogP) is 3.58. The van der Waals surface area contributed by atoms with Gasteiger partial charge in [-0.25, -0.2) is 4.39 Å². The van der Waals surface area contributed by atoms with E-state index >= 15 is 0 Å². The molecule has 3 rings (SSSR count). The van der Waals surface area contributed by atoms with E-state index in [-0.39, 0.29) is 23.9 Å². The van der Waals surface area contributed by atoms with Crippen molar-refractivity contribution in [2.24, 2.45) is 0 Å². The summed E-state index contributed by atoms with van der Waals surface area (Å²) in [5.74, 6) is -1.11. The van der Waals surface area contributed by atoms with Gasteiger partial charge in [-0.15, -0.1) is 0 Å². The summed E-state index contributed by atoms with van der Waals surface area (Å²) in [6, 6.07) is 9.36. The van der Waals surface area contributed by atoms with Crippen LogP contribution in [0.1, 0.15) is 66.9 Å². The van der Waals surface area contributed by atoms with Crippen LogP contribution < -0.4 is 15.4 Å². The maximum atomic E-state index is 13.3. The third-order valence-electron chi connectivity index (χ3n) is 5.42. The fourth-order valence-electron chi connectivity index (χ4n) is 3.67. The number of nitrogens with one attached hydrogen (secondary N) is 2. The SMILES string of the molecule is CC(=O)c1ccc2c(c1)[C@@H](NC(=O)c1ccc(F)cc1)[C@@H](OC(=O)CNC(C)C)C(C)(C)O2. The summed E-state index contributed by atoms with van der Waals surface area (Å²) in [5, 5.41) is 5.91. The van der Waals surface area contributed by atoms with E-state index in [0.29, 0.717) is 16.9 Å². The standard InChI is InChI=1S/C25H29FN2O5/c1-14(2)27-13-21(30)32-23-22(28-24(31)16-6-9-18(26)10-7-16)19-12-17(15(3)29)8-11-20(19)33-25(23,4)5/h6-12,14,22-23,27H,13H2,1-5H3,(H,28,31)/t22-,23-/m1/s1. The second-order valence-corrected chi connectivity index (χ2v) is 8.92. The maximum Gasteiger partial charge on any atom is 0.320 e. The summed E-state index contributed by atoms with van der Waals surface area (Å²) >= 11 is 0. The summed E-state index contributed by atoms with van der Waals surface area (Å²) in [6.07, 6.45) is -0.891. The molecule has 176 valence electrons. The van der Waals surface area contributed by atoms with Gasteiger partial charge in [0.25, 0.3) is 5.91 Å². The summed E-state index contributed by atoms with van der Waals surface area (Å²) < 4.78 is 25.2. The third-order valence-corrected chi connectivity index (χ3v) is 5.42. The number of benzene rings is 2. The van der Waals surface area contributed by atoms with E-state index in [2.05, 4.69) is 10.6 Å². The van der Waals surface area contributed by atoms with E-state index in [4.69, 9.17) is 9.47 Å². The molecule has 2 aromatic carbocycles. The lowest BCUT2D eigenvalue weighted by atomic mass is 9.85. The molecule has 1 amide bonds. The molecule has 8 heteroatoms. The molecule has 0 unspecified atom stereocenters. The molecule has 7 nitrogen and oxygen atoms in total. The predicted molar refractivity (Wildman–Crippen MR) is 121 cm³/mol. The number of fused-ring (bicyclic) bond motifs is 1. The monoisotopic (exact) mass is 456 g/mol. The highest BCUT2D eigenvalue weighted by Crippen LogP contribution is 2.42. The van der Waals surface area contributed by atoms with Gasteiger partial charge in [-0.1, -0.05) is 13.8 Å². The molecule has 2 atom stereocenters. The molecule has 33 heavy (non-hydrogen) atoms. The van der Waals surface area contributed by atoms with Crippen molar-refractivity contribution in [3.05, 3.63) is 65.0 Å². The van der Waals surface area contributed by atoms with Gasteiger partial charge in [-0.05, 0) is 63.2 Å². The molecule has 0 radical (unpaired) electrons. The Bertz CT molecular complexity index is 1050. The zero-order valence-electron chi connectivity index (χ0n) is 19.4. The minimum Gasteiger partial charge on any atom is -0.484 e. The Morgan fingerprint density at radius 1 is 1.09 bits per heavy atom. The van der Waals surface area contributed by atoms with Crippen molar-refractivity contribution in [1.29, 1.82) is 0 Å². The number of carbonyl (C=O) groups is 3. The minimum atomic E-state index is -0.987. The zero-order valence-corrected chi connectivity index (χ0v) is 19.4. The van der Waals surface area contributed by atoms with Crippen molar-refractivity contribution in [2.45, 2.75) is 58.4 Å². The highest BCUT2D eigenvalue weighted by atomic mass is 19.1. The number of ketones is 1. The van der Waals surface area contributed by atoms with Gasteiger partial charge in [-0.2, -0.15) is 0 Å². The lowest BCUT2D eigenvalue weighted by Crippen LogP contribution is -2.56. The van der Waals surface area contributed by atoms with Crippen molar-refractivity contribution >= 4 is 17.7 Å². The van der Waals surface area contributed by atoms with Crippen LogP contribution in [0.2, 0.25) is 0 Å². The van der Waals surface area contributed by atoms with Gasteiger partial charge < -0.3 is 20.1 Å². The molecule has 2 N–H and O–H groups in total. The number of halogens is 1. The van der Waals surface area contributed by atoms with Crippen molar-refractivity contribution < 1.29 is 28.2 Å². The first kappa shape index (κ1) is 24.4. The molecular formula is C25H29FN2O5. The van der Waals surface area contributed by atoms with E-state index in [1.165, 1.54) is 31.2 Å². The molecule has 0 aliphatic carbocycles. The van der Waals surface area contributed by atoms with Gasteiger partial charge in [-0.3, -0.25) is 14.4 Å². The first-order valence-corrected chi connectivity index (χ1v) is 10.8. The van der Waals surface area contributed by atoms with Gasteiger partial charge in [0.15, 0.2) is 11.9 Å². The fourth-order valence-corrected chi connectivity index (χ4v) is 3.67.